The van der Waals surface area contributed by atoms with Crippen LogP contribution < -0.4 is 0 Å². The minimum Gasteiger partial charge on any atom is -0.481 e. The molecular formula is C18H26FNO3. The second-order valence-corrected chi connectivity index (χ2v) is 6.39. The number of aryl methyl sites for hydroxylation is 1. The maximum absolute atomic E-state index is 13.2. The van der Waals surface area contributed by atoms with Gasteiger partial charge in [0.1, 0.15) is 5.82 Å². The van der Waals surface area contributed by atoms with Gasteiger partial charge in [0.15, 0.2) is 0 Å². The van der Waals surface area contributed by atoms with Gasteiger partial charge in [0, 0.05) is 19.0 Å². The topological polar surface area (TPSA) is 57.6 Å². The van der Waals surface area contributed by atoms with Crippen LogP contribution in [0.3, 0.4) is 0 Å². The lowest BCUT2D eigenvalue weighted by atomic mass is 9.99. The van der Waals surface area contributed by atoms with E-state index >= 15 is 0 Å². The van der Waals surface area contributed by atoms with Crippen LogP contribution in [-0.4, -0.2) is 35.0 Å². The molecule has 0 heterocycles. The number of hydrogen-bond acceptors (Lipinski definition) is 2. The van der Waals surface area contributed by atoms with Crippen molar-refractivity contribution in [3.05, 3.63) is 35.6 Å². The quantitative estimate of drug-likeness (QED) is 0.758. The summed E-state index contributed by atoms with van der Waals surface area (Å²) >= 11 is 0. The Labute approximate surface area is 137 Å². The largest absolute Gasteiger partial charge is 0.481 e. The molecular weight excluding hydrogens is 297 g/mol. The Kier molecular flexibility index (Phi) is 7.72. The standard InChI is InChI=1S/C18H26FNO3/c1-13(2)12-20(10-9-17(21)22)18(23)14(3)7-8-15-5-4-6-16(19)11-15/h4-6,11,13-14H,7-10,12H2,1-3H3,(H,21,22). The zero-order valence-electron chi connectivity index (χ0n) is 14.1. The molecule has 1 unspecified atom stereocenters. The van der Waals surface area contributed by atoms with Gasteiger partial charge in [0.05, 0.1) is 6.42 Å². The molecule has 1 N–H and O–H groups in total. The van der Waals surface area contributed by atoms with E-state index in [1.807, 2.05) is 26.8 Å². The normalized spacial score (nSPS) is 12.2. The number of carbonyl (C=O) groups is 2. The van der Waals surface area contributed by atoms with Crippen LogP contribution in [0.4, 0.5) is 4.39 Å². The second-order valence-electron chi connectivity index (χ2n) is 6.39. The average molecular weight is 323 g/mol. The summed E-state index contributed by atoms with van der Waals surface area (Å²) in [6.45, 7) is 6.62. The van der Waals surface area contributed by atoms with Gasteiger partial charge in [0.25, 0.3) is 0 Å². The van der Waals surface area contributed by atoms with E-state index in [2.05, 4.69) is 0 Å². The third-order valence-electron chi connectivity index (χ3n) is 3.67. The van der Waals surface area contributed by atoms with Crippen molar-refractivity contribution in [3.8, 4) is 0 Å². The summed E-state index contributed by atoms with van der Waals surface area (Å²) in [5.74, 6) is -1.14. The maximum atomic E-state index is 13.2. The molecule has 4 nitrogen and oxygen atoms in total. The molecule has 0 aliphatic rings. The van der Waals surface area contributed by atoms with Crippen LogP contribution in [0.2, 0.25) is 0 Å². The lowest BCUT2D eigenvalue weighted by molar-refractivity contribution is -0.140. The Hall–Kier alpha value is -1.91. The molecule has 0 fully saturated rings. The molecule has 1 rings (SSSR count). The van der Waals surface area contributed by atoms with E-state index < -0.39 is 5.97 Å². The van der Waals surface area contributed by atoms with Crippen molar-refractivity contribution in [1.82, 2.24) is 4.90 Å². The highest BCUT2D eigenvalue weighted by Crippen LogP contribution is 2.15. The smallest absolute Gasteiger partial charge is 0.305 e. The average Bonchev–Trinajstić information content (AvgIpc) is 2.48. The first-order valence-electron chi connectivity index (χ1n) is 8.04. The molecule has 0 bridgehead atoms. The number of carboxylic acid groups (broad SMARTS) is 1. The molecule has 1 aromatic rings. The zero-order valence-corrected chi connectivity index (χ0v) is 14.1. The first-order valence-corrected chi connectivity index (χ1v) is 8.04. The Morgan fingerprint density at radius 1 is 1.26 bits per heavy atom. The molecule has 5 heteroatoms. The van der Waals surface area contributed by atoms with Gasteiger partial charge in [-0.05, 0) is 36.5 Å². The van der Waals surface area contributed by atoms with Gasteiger partial charge in [-0.2, -0.15) is 0 Å². The molecule has 0 saturated carbocycles. The molecule has 23 heavy (non-hydrogen) atoms. The van der Waals surface area contributed by atoms with E-state index in [9.17, 15) is 14.0 Å². The number of halogens is 1. The van der Waals surface area contributed by atoms with Crippen molar-refractivity contribution in [3.63, 3.8) is 0 Å². The minimum absolute atomic E-state index is 0.0312. The lowest BCUT2D eigenvalue weighted by Crippen LogP contribution is -2.39. The fourth-order valence-corrected chi connectivity index (χ4v) is 2.47. The van der Waals surface area contributed by atoms with E-state index in [0.717, 1.165) is 5.56 Å². The SMILES string of the molecule is CC(C)CN(CCC(=O)O)C(=O)C(C)CCc1cccc(F)c1. The van der Waals surface area contributed by atoms with Gasteiger partial charge in [0.2, 0.25) is 5.91 Å². The predicted molar refractivity (Wildman–Crippen MR) is 87.6 cm³/mol. The fourth-order valence-electron chi connectivity index (χ4n) is 2.47. The number of benzene rings is 1. The highest BCUT2D eigenvalue weighted by atomic mass is 19.1. The van der Waals surface area contributed by atoms with Gasteiger partial charge in [-0.15, -0.1) is 0 Å². The van der Waals surface area contributed by atoms with Crippen molar-refractivity contribution < 1.29 is 19.1 Å². The lowest BCUT2D eigenvalue weighted by Gasteiger charge is -2.27. The second kappa shape index (κ2) is 9.28. The summed E-state index contributed by atoms with van der Waals surface area (Å²) < 4.78 is 13.2. The summed E-state index contributed by atoms with van der Waals surface area (Å²) in [5, 5.41) is 8.82. The Bertz CT molecular complexity index is 531. The molecule has 1 atom stereocenters. The number of aliphatic carboxylic acids is 1. The van der Waals surface area contributed by atoms with E-state index in [0.29, 0.717) is 19.4 Å². The van der Waals surface area contributed by atoms with Crippen molar-refractivity contribution in [1.29, 1.82) is 0 Å². The van der Waals surface area contributed by atoms with Crippen LogP contribution in [0.1, 0.15) is 39.2 Å². The fraction of sp³-hybridized carbons (Fsp3) is 0.556. The van der Waals surface area contributed by atoms with E-state index in [-0.39, 0.29) is 36.5 Å². The summed E-state index contributed by atoms with van der Waals surface area (Å²) in [4.78, 5) is 24.9. The molecule has 128 valence electrons. The van der Waals surface area contributed by atoms with Crippen LogP contribution >= 0.6 is 0 Å². The van der Waals surface area contributed by atoms with E-state index in [4.69, 9.17) is 5.11 Å². The van der Waals surface area contributed by atoms with Crippen molar-refractivity contribution in [2.75, 3.05) is 13.1 Å². The van der Waals surface area contributed by atoms with Gasteiger partial charge >= 0.3 is 5.97 Å². The van der Waals surface area contributed by atoms with Crippen LogP contribution in [0.15, 0.2) is 24.3 Å². The molecule has 0 saturated heterocycles. The van der Waals surface area contributed by atoms with Gasteiger partial charge in [-0.1, -0.05) is 32.9 Å². The summed E-state index contributed by atoms with van der Waals surface area (Å²) in [6, 6.07) is 6.38. The molecule has 0 spiro atoms. The highest BCUT2D eigenvalue weighted by molar-refractivity contribution is 5.79. The highest BCUT2D eigenvalue weighted by Gasteiger charge is 2.21. The van der Waals surface area contributed by atoms with Crippen LogP contribution in [0.5, 0.6) is 0 Å². The van der Waals surface area contributed by atoms with E-state index in [1.54, 1.807) is 11.0 Å². The number of hydrogen-bond donors (Lipinski definition) is 1. The van der Waals surface area contributed by atoms with Crippen molar-refractivity contribution in [2.45, 2.75) is 40.0 Å². The Morgan fingerprint density at radius 3 is 2.52 bits per heavy atom. The first kappa shape index (κ1) is 19.1. The summed E-state index contributed by atoms with van der Waals surface area (Å²) in [5.41, 5.74) is 0.866. The van der Waals surface area contributed by atoms with E-state index in [1.165, 1.54) is 12.1 Å². The molecule has 0 aliphatic heterocycles. The molecule has 0 radical (unpaired) electrons. The van der Waals surface area contributed by atoms with Gasteiger partial charge in [-0.25, -0.2) is 4.39 Å². The van der Waals surface area contributed by atoms with Gasteiger partial charge in [-0.3, -0.25) is 9.59 Å². The molecule has 0 aliphatic carbocycles. The van der Waals surface area contributed by atoms with Crippen molar-refractivity contribution in [2.24, 2.45) is 11.8 Å². The number of carboxylic acids is 1. The van der Waals surface area contributed by atoms with Crippen LogP contribution in [0, 0.1) is 17.7 Å². The minimum atomic E-state index is -0.904. The molecule has 0 aromatic heterocycles. The maximum Gasteiger partial charge on any atom is 0.305 e. The third kappa shape index (κ3) is 7.26. The first-order chi connectivity index (χ1) is 10.8. The number of amides is 1. The zero-order chi connectivity index (χ0) is 17.4. The predicted octanol–water partition coefficient (Wildman–Crippen LogP) is 3.35. The molecule has 1 amide bonds. The monoisotopic (exact) mass is 323 g/mol. The summed E-state index contributed by atoms with van der Waals surface area (Å²) in [7, 11) is 0. The Morgan fingerprint density at radius 2 is 1.96 bits per heavy atom. The van der Waals surface area contributed by atoms with Gasteiger partial charge < -0.3 is 10.0 Å². The summed E-state index contributed by atoms with van der Waals surface area (Å²) in [6.07, 6.45) is 1.19. The third-order valence-corrected chi connectivity index (χ3v) is 3.67. The molecule has 1 aromatic carbocycles. The number of nitrogens with zero attached hydrogens (tertiary/aromatic N) is 1. The number of carbonyl (C=O) groups excluding carboxylic acids is 1. The Balaban J connectivity index is 2.60. The van der Waals surface area contributed by atoms with Crippen LogP contribution in [-0.2, 0) is 16.0 Å². The number of rotatable bonds is 9. The van der Waals surface area contributed by atoms with Crippen LogP contribution in [0.25, 0.3) is 0 Å². The van der Waals surface area contributed by atoms with Crippen molar-refractivity contribution >= 4 is 11.9 Å².